The molecule has 20 heteroatoms. The van der Waals surface area contributed by atoms with E-state index < -0.39 is 55.0 Å². The highest BCUT2D eigenvalue weighted by molar-refractivity contribution is 6.32. The Morgan fingerprint density at radius 1 is 1.08 bits per heavy atom. The number of ether oxygens (including phenoxy) is 2. The molecule has 4 atom stereocenters. The van der Waals surface area contributed by atoms with Gasteiger partial charge < -0.3 is 46.1 Å². The number of alkyl halides is 3. The molecule has 338 valence electrons. The number of aromatic nitrogens is 3. The molecule has 0 bridgehead atoms. The number of H-pyrrole nitrogens is 1. The Kier molecular flexibility index (Phi) is 15.7. The lowest BCUT2D eigenvalue weighted by Gasteiger charge is -2.30. The Hall–Kier alpha value is -5.24. The molecule has 5 rings (SSSR count). The van der Waals surface area contributed by atoms with Crippen LogP contribution in [0.5, 0.6) is 0 Å². The van der Waals surface area contributed by atoms with E-state index in [9.17, 15) is 42.6 Å². The maximum atomic E-state index is 13.8. The molecule has 0 aromatic carbocycles. The number of aliphatic hydroxyl groups is 2. The summed E-state index contributed by atoms with van der Waals surface area (Å²) in [7, 11) is 1.22. The van der Waals surface area contributed by atoms with Crippen LogP contribution in [0.15, 0.2) is 58.4 Å². The van der Waals surface area contributed by atoms with E-state index in [1.54, 1.807) is 30.9 Å². The molecule has 0 spiro atoms. The van der Waals surface area contributed by atoms with Crippen LogP contribution in [0.1, 0.15) is 93.9 Å². The van der Waals surface area contributed by atoms with Crippen LogP contribution in [-0.2, 0) is 25.7 Å². The van der Waals surface area contributed by atoms with Crippen LogP contribution in [0.25, 0.3) is 5.57 Å². The minimum absolute atomic E-state index is 0.0228. The number of imidazole rings is 1. The normalized spacial score (nSPS) is 20.0. The van der Waals surface area contributed by atoms with Crippen molar-refractivity contribution in [1.29, 1.82) is 0 Å². The number of alkyl carbamates (subject to hydrolysis) is 1. The lowest BCUT2D eigenvalue weighted by molar-refractivity contribution is -0.337. The van der Waals surface area contributed by atoms with E-state index in [4.69, 9.17) is 21.3 Å². The number of hydrogen-bond acceptors (Lipinski definition) is 11. The fourth-order valence-electron chi connectivity index (χ4n) is 7.38. The number of pyridine rings is 1. The standard InChI is InChI=1S/C42H54ClF3N8O8/c1-22(2)34(53-40(60)61-6)38(58)54-19-23(3)15-31(54)36-50-30(20-55)35(52-36)25-9-7-24(8-10-25)27-16-28(43)29(17-32(27)62-42(44,45)46)51-37(57)26-11-12-33(49-18-26)47-13-14-48-39(59)41(4,5)21-56/h7,9,11-12,16,18,22-23,31-32,34,55-56H,8,10,13-15,17,19-21H2,1-6H3,(H,47,49)(H,48,59)(H,50,52)(H,51,57)(H,53,60). The van der Waals surface area contributed by atoms with Crippen LogP contribution < -0.4 is 21.3 Å². The third kappa shape index (κ3) is 11.8. The number of aliphatic hydroxyl groups excluding tert-OH is 2. The van der Waals surface area contributed by atoms with Gasteiger partial charge in [-0.15, -0.1) is 13.2 Å². The van der Waals surface area contributed by atoms with Crippen LogP contribution in [-0.4, -0.2) is 106 Å². The molecular formula is C42H54ClF3N8O8. The average molecular weight is 891 g/mol. The number of methoxy groups -OCH3 is 1. The van der Waals surface area contributed by atoms with Crippen molar-refractivity contribution in [2.45, 2.75) is 91.5 Å². The van der Waals surface area contributed by atoms with Gasteiger partial charge in [0, 0.05) is 37.9 Å². The molecule has 1 saturated heterocycles. The number of halogens is 4. The molecular weight excluding hydrogens is 837 g/mol. The quantitative estimate of drug-likeness (QED) is 0.107. The summed E-state index contributed by atoms with van der Waals surface area (Å²) in [5.74, 6) is -0.512. The van der Waals surface area contributed by atoms with E-state index in [1.807, 2.05) is 20.8 Å². The number of amides is 4. The number of anilines is 1. The van der Waals surface area contributed by atoms with E-state index >= 15 is 0 Å². The molecule has 4 unspecified atom stereocenters. The van der Waals surface area contributed by atoms with Crippen molar-refractivity contribution in [2.24, 2.45) is 17.3 Å². The third-order valence-corrected chi connectivity index (χ3v) is 11.2. The first-order valence-electron chi connectivity index (χ1n) is 20.2. The highest BCUT2D eigenvalue weighted by atomic mass is 35.5. The van der Waals surface area contributed by atoms with Crippen molar-refractivity contribution in [1.82, 2.24) is 35.8 Å². The zero-order valence-corrected chi connectivity index (χ0v) is 36.2. The van der Waals surface area contributed by atoms with E-state index in [-0.39, 0.29) is 65.1 Å². The topological polar surface area (TPSA) is 220 Å². The lowest BCUT2D eigenvalue weighted by atomic mass is 9.85. The molecule has 0 saturated carbocycles. The number of likely N-dealkylation sites (tertiary alicyclic amines) is 1. The number of nitrogens with one attached hydrogen (secondary N) is 5. The van der Waals surface area contributed by atoms with E-state index in [0.29, 0.717) is 60.1 Å². The van der Waals surface area contributed by atoms with Gasteiger partial charge in [0.25, 0.3) is 5.91 Å². The molecule has 7 N–H and O–H groups in total. The number of rotatable bonds is 16. The molecule has 16 nitrogen and oxygen atoms in total. The van der Waals surface area contributed by atoms with Crippen molar-refractivity contribution in [3.8, 4) is 0 Å². The minimum Gasteiger partial charge on any atom is -0.453 e. The van der Waals surface area contributed by atoms with E-state index in [0.717, 1.165) is 0 Å². The molecule has 4 amide bonds. The monoisotopic (exact) mass is 890 g/mol. The SMILES string of the molecule is COC(=O)NC(C(=O)N1CC(C)CC1c1nc(C2=CC=C(C3=CC(Cl)=C(NC(=O)c4ccc(NCCNC(=O)C(C)(C)CO)nc4)CC3OC(F)(F)F)CC2)c(CO)[nH]1)C(C)C. The summed E-state index contributed by atoms with van der Waals surface area (Å²) in [6.07, 6.45) is -0.472. The second-order valence-corrected chi connectivity index (χ2v) is 16.9. The maximum absolute atomic E-state index is 13.8. The maximum Gasteiger partial charge on any atom is 0.523 e. The molecule has 3 heterocycles. The van der Waals surface area contributed by atoms with Gasteiger partial charge in [-0.3, -0.25) is 19.1 Å². The number of hydrogen-bond donors (Lipinski definition) is 7. The Labute approximate surface area is 362 Å². The van der Waals surface area contributed by atoms with Crippen LogP contribution in [0.3, 0.4) is 0 Å². The first-order chi connectivity index (χ1) is 29.2. The molecule has 62 heavy (non-hydrogen) atoms. The Morgan fingerprint density at radius 3 is 2.39 bits per heavy atom. The molecule has 2 aromatic rings. The number of nitrogens with zero attached hydrogens (tertiary/aromatic N) is 3. The Balaban J connectivity index is 1.31. The van der Waals surface area contributed by atoms with Gasteiger partial charge in [-0.2, -0.15) is 0 Å². The predicted molar refractivity (Wildman–Crippen MR) is 223 cm³/mol. The lowest BCUT2D eigenvalue weighted by Crippen LogP contribution is -2.51. The summed E-state index contributed by atoms with van der Waals surface area (Å²) in [4.78, 5) is 65.1. The van der Waals surface area contributed by atoms with Crippen LogP contribution in [0.2, 0.25) is 0 Å². The summed E-state index contributed by atoms with van der Waals surface area (Å²) >= 11 is 6.61. The zero-order chi connectivity index (χ0) is 45.5. The number of allylic oxidation sites excluding steroid dienone is 5. The Morgan fingerprint density at radius 2 is 1.79 bits per heavy atom. The van der Waals surface area contributed by atoms with Crippen molar-refractivity contribution in [3.63, 3.8) is 0 Å². The van der Waals surface area contributed by atoms with Crippen LogP contribution in [0.4, 0.5) is 23.8 Å². The van der Waals surface area contributed by atoms with Gasteiger partial charge in [-0.1, -0.05) is 44.5 Å². The van der Waals surface area contributed by atoms with Crippen molar-refractivity contribution in [2.75, 3.05) is 38.7 Å². The van der Waals surface area contributed by atoms with Gasteiger partial charge in [-0.05, 0) is 79.9 Å². The fourth-order valence-corrected chi connectivity index (χ4v) is 7.62. The summed E-state index contributed by atoms with van der Waals surface area (Å²) in [5, 5.41) is 30.6. The summed E-state index contributed by atoms with van der Waals surface area (Å²) in [6.45, 7) is 9.15. The fraction of sp³-hybridized carbons (Fsp3) is 0.524. The Bertz CT molecular complexity index is 2120. The second-order valence-electron chi connectivity index (χ2n) is 16.5. The first-order valence-corrected chi connectivity index (χ1v) is 20.6. The van der Waals surface area contributed by atoms with Gasteiger partial charge in [0.2, 0.25) is 11.8 Å². The average Bonchev–Trinajstić information content (AvgIpc) is 3.85. The smallest absolute Gasteiger partial charge is 0.453 e. The molecule has 1 fully saturated rings. The van der Waals surface area contributed by atoms with E-state index in [1.165, 1.54) is 31.5 Å². The summed E-state index contributed by atoms with van der Waals surface area (Å²) in [6, 6.07) is 1.69. The molecule has 2 aromatic heterocycles. The van der Waals surface area contributed by atoms with E-state index in [2.05, 4.69) is 36.0 Å². The summed E-state index contributed by atoms with van der Waals surface area (Å²) < 4.78 is 50.7. The van der Waals surface area contributed by atoms with Crippen molar-refractivity contribution >= 4 is 46.8 Å². The zero-order valence-electron chi connectivity index (χ0n) is 35.4. The van der Waals surface area contributed by atoms with Gasteiger partial charge in [0.15, 0.2) is 0 Å². The minimum atomic E-state index is -5.01. The van der Waals surface area contributed by atoms with Crippen molar-refractivity contribution in [3.05, 3.63) is 81.2 Å². The highest BCUT2D eigenvalue weighted by Gasteiger charge is 2.41. The second kappa shape index (κ2) is 20.3. The van der Waals surface area contributed by atoms with Crippen LogP contribution >= 0.6 is 11.6 Å². The molecule has 0 radical (unpaired) electrons. The van der Waals surface area contributed by atoms with Gasteiger partial charge in [-0.25, -0.2) is 14.8 Å². The largest absolute Gasteiger partial charge is 0.523 e. The predicted octanol–water partition coefficient (Wildman–Crippen LogP) is 5.35. The third-order valence-electron chi connectivity index (χ3n) is 10.9. The van der Waals surface area contributed by atoms with Crippen molar-refractivity contribution < 1.29 is 52.0 Å². The molecule has 3 aliphatic rings. The number of aromatic amines is 1. The van der Waals surface area contributed by atoms with Crippen LogP contribution in [0, 0.1) is 17.3 Å². The van der Waals surface area contributed by atoms with Gasteiger partial charge in [0.05, 0.1) is 59.9 Å². The highest BCUT2D eigenvalue weighted by Crippen LogP contribution is 2.41. The van der Waals surface area contributed by atoms with Gasteiger partial charge >= 0.3 is 12.5 Å². The summed E-state index contributed by atoms with van der Waals surface area (Å²) in [5.41, 5.74) is 1.51. The molecule has 1 aliphatic heterocycles. The molecule has 2 aliphatic carbocycles. The number of carbonyl (C=O) groups is 4. The first kappa shape index (κ1) is 47.8. The van der Waals surface area contributed by atoms with Gasteiger partial charge in [0.1, 0.15) is 17.7 Å². The number of carbonyl (C=O) groups excluding carboxylic acids is 4.